The molecule has 90 valence electrons. The number of ether oxygens (including phenoxy) is 1. The minimum absolute atomic E-state index is 0.512. The van der Waals surface area contributed by atoms with E-state index in [0.717, 1.165) is 24.5 Å². The van der Waals surface area contributed by atoms with Crippen molar-refractivity contribution in [3.05, 3.63) is 16.7 Å². The molecule has 2 heterocycles. The second kappa shape index (κ2) is 5.15. The summed E-state index contributed by atoms with van der Waals surface area (Å²) in [6.45, 7) is 7.20. The van der Waals surface area contributed by atoms with Crippen LogP contribution in [-0.4, -0.2) is 22.8 Å². The third-order valence-electron chi connectivity index (χ3n) is 3.19. The van der Waals surface area contributed by atoms with Crippen LogP contribution in [0.5, 0.6) is 0 Å². The molecule has 1 aliphatic heterocycles. The molecule has 0 spiro atoms. The van der Waals surface area contributed by atoms with Crippen LogP contribution >= 0.6 is 12.2 Å². The molecule has 0 saturated carbocycles. The predicted molar refractivity (Wildman–Crippen MR) is 67.2 cm³/mol. The molecule has 0 radical (unpaired) electrons. The van der Waals surface area contributed by atoms with Crippen LogP contribution in [0.15, 0.2) is 6.20 Å². The summed E-state index contributed by atoms with van der Waals surface area (Å²) >= 11 is 5.33. The zero-order chi connectivity index (χ0) is 11.5. The number of H-pyrrole nitrogens is 1. The van der Waals surface area contributed by atoms with Crippen LogP contribution < -0.4 is 0 Å². The topological polar surface area (TPSA) is 29.9 Å². The first-order chi connectivity index (χ1) is 7.68. The van der Waals surface area contributed by atoms with E-state index in [4.69, 9.17) is 17.0 Å². The smallest absolute Gasteiger partial charge is 0.177 e. The lowest BCUT2D eigenvalue weighted by molar-refractivity contribution is 0.0478. The SMILES string of the molecule is CC(C)c1c[nH]c(=S)n1CC1CCCOC1. The summed E-state index contributed by atoms with van der Waals surface area (Å²) in [6.07, 6.45) is 4.47. The maximum atomic E-state index is 5.51. The van der Waals surface area contributed by atoms with Crippen molar-refractivity contribution in [1.82, 2.24) is 9.55 Å². The maximum Gasteiger partial charge on any atom is 0.177 e. The molecule has 3 nitrogen and oxygen atoms in total. The molecule has 2 rings (SSSR count). The van der Waals surface area contributed by atoms with Crippen LogP contribution in [0.2, 0.25) is 0 Å². The standard InChI is InChI=1S/C12H20N2OS/c1-9(2)11-6-13-12(16)14(11)7-10-4-3-5-15-8-10/h6,9-10H,3-5,7-8H2,1-2H3,(H,13,16). The highest BCUT2D eigenvalue weighted by atomic mass is 32.1. The fourth-order valence-corrected chi connectivity index (χ4v) is 2.52. The molecule has 0 aromatic carbocycles. The van der Waals surface area contributed by atoms with Crippen molar-refractivity contribution < 1.29 is 4.74 Å². The number of rotatable bonds is 3. The molecule has 1 aliphatic rings. The zero-order valence-electron chi connectivity index (χ0n) is 10.0. The molecule has 16 heavy (non-hydrogen) atoms. The molecule has 0 amide bonds. The van der Waals surface area contributed by atoms with Crippen LogP contribution in [0.1, 0.15) is 38.3 Å². The zero-order valence-corrected chi connectivity index (χ0v) is 10.8. The third-order valence-corrected chi connectivity index (χ3v) is 3.53. The summed E-state index contributed by atoms with van der Waals surface area (Å²) in [5.74, 6) is 1.13. The monoisotopic (exact) mass is 240 g/mol. The first-order valence-electron chi connectivity index (χ1n) is 6.04. The minimum Gasteiger partial charge on any atom is -0.381 e. The fourth-order valence-electron chi connectivity index (χ4n) is 2.29. The second-order valence-corrected chi connectivity index (χ2v) is 5.25. The van der Waals surface area contributed by atoms with Gasteiger partial charge in [-0.25, -0.2) is 0 Å². The Morgan fingerprint density at radius 3 is 3.06 bits per heavy atom. The average molecular weight is 240 g/mol. The highest BCUT2D eigenvalue weighted by molar-refractivity contribution is 7.71. The van der Waals surface area contributed by atoms with Gasteiger partial charge in [-0.05, 0) is 31.0 Å². The largest absolute Gasteiger partial charge is 0.381 e. The molecular weight excluding hydrogens is 220 g/mol. The third kappa shape index (κ3) is 2.55. The van der Waals surface area contributed by atoms with Gasteiger partial charge in [0.1, 0.15) is 0 Å². The molecule has 4 heteroatoms. The molecule has 0 aliphatic carbocycles. The number of aromatic amines is 1. The van der Waals surface area contributed by atoms with Gasteiger partial charge >= 0.3 is 0 Å². The maximum absolute atomic E-state index is 5.51. The summed E-state index contributed by atoms with van der Waals surface area (Å²) in [7, 11) is 0. The summed E-state index contributed by atoms with van der Waals surface area (Å²) in [5, 5.41) is 0. The van der Waals surface area contributed by atoms with E-state index in [9.17, 15) is 0 Å². The van der Waals surface area contributed by atoms with Crippen molar-refractivity contribution in [2.45, 2.75) is 39.2 Å². The van der Waals surface area contributed by atoms with Gasteiger partial charge in [-0.2, -0.15) is 0 Å². The van der Waals surface area contributed by atoms with E-state index >= 15 is 0 Å². The van der Waals surface area contributed by atoms with Gasteiger partial charge in [-0.15, -0.1) is 0 Å². The first-order valence-corrected chi connectivity index (χ1v) is 6.45. The summed E-state index contributed by atoms with van der Waals surface area (Å²) in [5.41, 5.74) is 1.30. The molecule has 0 bridgehead atoms. The minimum atomic E-state index is 0.512. The van der Waals surface area contributed by atoms with Crippen LogP contribution in [0.4, 0.5) is 0 Å². The number of nitrogens with one attached hydrogen (secondary N) is 1. The van der Waals surface area contributed by atoms with Gasteiger partial charge in [0.25, 0.3) is 0 Å². The lowest BCUT2D eigenvalue weighted by atomic mass is 10.0. The number of aromatic nitrogens is 2. The van der Waals surface area contributed by atoms with Crippen LogP contribution in [0.3, 0.4) is 0 Å². The Morgan fingerprint density at radius 2 is 2.44 bits per heavy atom. The molecule has 1 saturated heterocycles. The lowest BCUT2D eigenvalue weighted by Crippen LogP contribution is -2.23. The van der Waals surface area contributed by atoms with E-state index in [0.29, 0.717) is 11.8 Å². The van der Waals surface area contributed by atoms with Crippen LogP contribution in [0, 0.1) is 10.7 Å². The van der Waals surface area contributed by atoms with Gasteiger partial charge < -0.3 is 14.3 Å². The number of hydrogen-bond acceptors (Lipinski definition) is 2. The van der Waals surface area contributed by atoms with E-state index in [-0.39, 0.29) is 0 Å². The van der Waals surface area contributed by atoms with E-state index in [1.165, 1.54) is 18.5 Å². The van der Waals surface area contributed by atoms with Crippen LogP contribution in [-0.2, 0) is 11.3 Å². The molecule has 1 atom stereocenters. The van der Waals surface area contributed by atoms with Crippen molar-refractivity contribution in [3.8, 4) is 0 Å². The Hall–Kier alpha value is -0.610. The average Bonchev–Trinajstić information content (AvgIpc) is 2.62. The Bertz CT molecular complexity index is 388. The second-order valence-electron chi connectivity index (χ2n) is 4.87. The molecular formula is C12H20N2OS. The Balaban J connectivity index is 2.13. The van der Waals surface area contributed by atoms with Gasteiger partial charge in [-0.3, -0.25) is 0 Å². The van der Waals surface area contributed by atoms with Crippen molar-refractivity contribution >= 4 is 12.2 Å². The molecule has 1 unspecified atom stereocenters. The van der Waals surface area contributed by atoms with Crippen LogP contribution in [0.25, 0.3) is 0 Å². The fraction of sp³-hybridized carbons (Fsp3) is 0.750. The van der Waals surface area contributed by atoms with E-state index in [1.54, 1.807) is 0 Å². The first kappa shape index (κ1) is 11.9. The van der Waals surface area contributed by atoms with Crippen molar-refractivity contribution in [1.29, 1.82) is 0 Å². The number of imidazole rings is 1. The highest BCUT2D eigenvalue weighted by Gasteiger charge is 2.17. The summed E-state index contributed by atoms with van der Waals surface area (Å²) in [4.78, 5) is 3.15. The van der Waals surface area contributed by atoms with Gasteiger partial charge in [0, 0.05) is 31.0 Å². The Kier molecular flexibility index (Phi) is 3.82. The van der Waals surface area contributed by atoms with Gasteiger partial charge in [0.15, 0.2) is 4.77 Å². The predicted octanol–water partition coefficient (Wildman–Crippen LogP) is 3.10. The normalized spacial score (nSPS) is 21.6. The van der Waals surface area contributed by atoms with E-state index in [1.807, 2.05) is 6.20 Å². The molecule has 1 fully saturated rings. The summed E-state index contributed by atoms with van der Waals surface area (Å²) < 4.78 is 8.59. The molecule has 1 aromatic rings. The van der Waals surface area contributed by atoms with Crippen molar-refractivity contribution in [2.24, 2.45) is 5.92 Å². The Morgan fingerprint density at radius 1 is 1.62 bits per heavy atom. The van der Waals surface area contributed by atoms with Gasteiger partial charge in [0.05, 0.1) is 6.61 Å². The lowest BCUT2D eigenvalue weighted by Gasteiger charge is -2.23. The Labute approximate surface area is 102 Å². The van der Waals surface area contributed by atoms with Gasteiger partial charge in [-0.1, -0.05) is 13.8 Å². The van der Waals surface area contributed by atoms with E-state index in [2.05, 4.69) is 23.4 Å². The molecule has 1 N–H and O–H groups in total. The number of nitrogens with zero attached hydrogens (tertiary/aromatic N) is 1. The number of hydrogen-bond donors (Lipinski definition) is 1. The summed E-state index contributed by atoms with van der Waals surface area (Å²) in [6, 6.07) is 0. The van der Waals surface area contributed by atoms with Crippen molar-refractivity contribution in [3.63, 3.8) is 0 Å². The van der Waals surface area contributed by atoms with Crippen molar-refractivity contribution in [2.75, 3.05) is 13.2 Å². The van der Waals surface area contributed by atoms with Gasteiger partial charge in [0.2, 0.25) is 0 Å². The molecule has 1 aromatic heterocycles. The quantitative estimate of drug-likeness (QED) is 0.823. The van der Waals surface area contributed by atoms with E-state index < -0.39 is 0 Å². The highest BCUT2D eigenvalue weighted by Crippen LogP contribution is 2.20.